The predicted octanol–water partition coefficient (Wildman–Crippen LogP) is 6.18. The zero-order valence-electron chi connectivity index (χ0n) is 22.4. The highest BCUT2D eigenvalue weighted by atomic mass is 32.1. The third-order valence-corrected chi connectivity index (χ3v) is 7.60. The standard InChI is InChI=1S/C27H28F3N7O2S/c1-15(2)37-12-6-9-23(37)36(4)25-17(10-11-21(34-25)27(28,29)30)18-13-22(32-14-31-18)39-19-7-5-8-20-24(19)35-26(40-20)33-16(3)38/h5,7-8,10-11,13-15,23H,6,9,12H2,1-4H3,(H,33,35,38)/t23-/m0/s1. The molecular formula is C27H28F3N7O2S. The number of amides is 1. The molecule has 4 aromatic rings. The van der Waals surface area contributed by atoms with Crippen LogP contribution in [0.2, 0.25) is 0 Å². The number of anilines is 2. The van der Waals surface area contributed by atoms with Crippen molar-refractivity contribution < 1.29 is 22.7 Å². The topological polar surface area (TPSA) is 96.4 Å². The fourth-order valence-corrected chi connectivity index (χ4v) is 5.80. The van der Waals surface area contributed by atoms with Gasteiger partial charge in [-0.25, -0.2) is 19.9 Å². The normalized spacial score (nSPS) is 16.1. The second kappa shape index (κ2) is 11.0. The number of para-hydroxylation sites is 1. The SMILES string of the molecule is CC(=O)Nc1nc2c(Oc3cc(-c4ccc(C(F)(F)F)nc4N(C)[C@@H]4CCCN4C(C)C)ncn3)cccc2s1. The number of pyridine rings is 1. The molecule has 1 N–H and O–H groups in total. The monoisotopic (exact) mass is 571 g/mol. The van der Waals surface area contributed by atoms with Crippen LogP contribution in [0.25, 0.3) is 21.5 Å². The maximum absolute atomic E-state index is 13.7. The smallest absolute Gasteiger partial charge is 0.433 e. The maximum atomic E-state index is 13.7. The number of benzene rings is 1. The van der Waals surface area contributed by atoms with Crippen LogP contribution in [0, 0.1) is 0 Å². The van der Waals surface area contributed by atoms with E-state index in [9.17, 15) is 18.0 Å². The van der Waals surface area contributed by atoms with Crippen LogP contribution in [0.3, 0.4) is 0 Å². The van der Waals surface area contributed by atoms with Crippen LogP contribution in [-0.4, -0.2) is 56.5 Å². The molecule has 40 heavy (non-hydrogen) atoms. The number of nitrogens with zero attached hydrogens (tertiary/aromatic N) is 6. The van der Waals surface area contributed by atoms with Gasteiger partial charge in [0.05, 0.1) is 16.6 Å². The Hall–Kier alpha value is -3.84. The molecule has 4 heterocycles. The highest BCUT2D eigenvalue weighted by molar-refractivity contribution is 7.22. The van der Waals surface area contributed by atoms with Crippen LogP contribution in [0.15, 0.2) is 42.7 Å². The van der Waals surface area contributed by atoms with E-state index in [1.165, 1.54) is 30.7 Å². The molecule has 0 unspecified atom stereocenters. The maximum Gasteiger partial charge on any atom is 0.433 e. The Labute approximate surface area is 233 Å². The van der Waals surface area contributed by atoms with Gasteiger partial charge in [-0.15, -0.1) is 0 Å². The highest BCUT2D eigenvalue weighted by Crippen LogP contribution is 2.38. The lowest BCUT2D eigenvalue weighted by molar-refractivity contribution is -0.141. The molecule has 1 aromatic carbocycles. The van der Waals surface area contributed by atoms with Crippen molar-refractivity contribution in [2.45, 2.75) is 52.0 Å². The summed E-state index contributed by atoms with van der Waals surface area (Å²) in [6.45, 7) is 6.41. The minimum atomic E-state index is -4.59. The summed E-state index contributed by atoms with van der Waals surface area (Å²) in [6.07, 6.45) is -1.65. The Kier molecular flexibility index (Phi) is 7.60. The number of halogens is 3. The van der Waals surface area contributed by atoms with E-state index in [0.717, 1.165) is 30.2 Å². The molecule has 13 heteroatoms. The van der Waals surface area contributed by atoms with E-state index in [0.29, 0.717) is 27.7 Å². The molecule has 3 aromatic heterocycles. The van der Waals surface area contributed by atoms with Gasteiger partial charge in [-0.05, 0) is 51.0 Å². The molecule has 0 saturated carbocycles. The van der Waals surface area contributed by atoms with Gasteiger partial charge in [-0.2, -0.15) is 13.2 Å². The molecule has 1 amide bonds. The van der Waals surface area contributed by atoms with Gasteiger partial charge in [-0.3, -0.25) is 9.69 Å². The number of fused-ring (bicyclic) bond motifs is 1. The Morgan fingerprint density at radius 1 is 1.20 bits per heavy atom. The van der Waals surface area contributed by atoms with Gasteiger partial charge in [0.25, 0.3) is 0 Å². The van der Waals surface area contributed by atoms with Crippen molar-refractivity contribution in [3.63, 3.8) is 0 Å². The molecule has 1 saturated heterocycles. The number of aromatic nitrogens is 4. The Balaban J connectivity index is 1.52. The van der Waals surface area contributed by atoms with Crippen molar-refractivity contribution in [2.24, 2.45) is 0 Å². The van der Waals surface area contributed by atoms with Gasteiger partial charge in [0, 0.05) is 38.2 Å². The lowest BCUT2D eigenvalue weighted by Crippen LogP contribution is -2.46. The molecule has 0 spiro atoms. The Morgan fingerprint density at radius 2 is 2.00 bits per heavy atom. The number of nitrogens with one attached hydrogen (secondary N) is 1. The quantitative estimate of drug-likeness (QED) is 0.281. The Morgan fingerprint density at radius 3 is 2.73 bits per heavy atom. The van der Waals surface area contributed by atoms with Gasteiger partial charge in [0.15, 0.2) is 10.9 Å². The third kappa shape index (κ3) is 5.70. The number of alkyl halides is 3. The molecule has 0 bridgehead atoms. The summed E-state index contributed by atoms with van der Waals surface area (Å²) in [4.78, 5) is 32.6. The van der Waals surface area contributed by atoms with Crippen molar-refractivity contribution in [1.29, 1.82) is 0 Å². The van der Waals surface area contributed by atoms with Gasteiger partial charge in [0.2, 0.25) is 11.8 Å². The van der Waals surface area contributed by atoms with Crippen molar-refractivity contribution in [1.82, 2.24) is 24.8 Å². The molecule has 1 atom stereocenters. The molecule has 0 radical (unpaired) electrons. The van der Waals surface area contributed by atoms with E-state index in [1.807, 2.05) is 6.07 Å². The van der Waals surface area contributed by atoms with Crippen LogP contribution < -0.4 is 15.0 Å². The molecule has 210 valence electrons. The van der Waals surface area contributed by atoms with E-state index < -0.39 is 11.9 Å². The number of ether oxygens (including phenoxy) is 1. The molecule has 0 aliphatic carbocycles. The van der Waals surface area contributed by atoms with Gasteiger partial charge in [-0.1, -0.05) is 17.4 Å². The van der Waals surface area contributed by atoms with E-state index >= 15 is 0 Å². The fraction of sp³-hybridized carbons (Fsp3) is 0.370. The van der Waals surface area contributed by atoms with E-state index in [2.05, 4.69) is 44.0 Å². The van der Waals surface area contributed by atoms with Crippen molar-refractivity contribution in [3.05, 3.63) is 48.4 Å². The largest absolute Gasteiger partial charge is 0.437 e. The lowest BCUT2D eigenvalue weighted by Gasteiger charge is -2.36. The van der Waals surface area contributed by atoms with Crippen LogP contribution >= 0.6 is 11.3 Å². The lowest BCUT2D eigenvalue weighted by atomic mass is 10.1. The summed E-state index contributed by atoms with van der Waals surface area (Å²) in [5, 5.41) is 3.11. The van der Waals surface area contributed by atoms with Crippen molar-refractivity contribution in [3.8, 4) is 22.9 Å². The van der Waals surface area contributed by atoms with Gasteiger partial charge < -0.3 is 15.0 Å². The van der Waals surface area contributed by atoms with Gasteiger partial charge >= 0.3 is 6.18 Å². The molecule has 1 aliphatic heterocycles. The first kappa shape index (κ1) is 27.7. The highest BCUT2D eigenvalue weighted by Gasteiger charge is 2.36. The van der Waals surface area contributed by atoms with Gasteiger partial charge in [0.1, 0.15) is 23.4 Å². The predicted molar refractivity (Wildman–Crippen MR) is 148 cm³/mol. The summed E-state index contributed by atoms with van der Waals surface area (Å²) in [7, 11) is 1.77. The number of hydrogen-bond donors (Lipinski definition) is 1. The zero-order chi connectivity index (χ0) is 28.6. The number of hydrogen-bond acceptors (Lipinski definition) is 9. The average molecular weight is 572 g/mol. The van der Waals surface area contributed by atoms with Crippen LogP contribution in [0.4, 0.5) is 24.1 Å². The fourth-order valence-electron chi connectivity index (χ4n) is 4.87. The number of thiazole rings is 1. The van der Waals surface area contributed by atoms with Crippen LogP contribution in [0.1, 0.15) is 39.3 Å². The van der Waals surface area contributed by atoms with E-state index in [-0.39, 0.29) is 29.8 Å². The molecule has 9 nitrogen and oxygen atoms in total. The second-order valence-corrected chi connectivity index (χ2v) is 10.8. The number of carbonyl (C=O) groups is 1. The summed E-state index contributed by atoms with van der Waals surface area (Å²) < 4.78 is 47.9. The number of rotatable bonds is 7. The summed E-state index contributed by atoms with van der Waals surface area (Å²) >= 11 is 1.31. The average Bonchev–Trinajstić information content (AvgIpc) is 3.55. The zero-order valence-corrected chi connectivity index (χ0v) is 23.2. The molecule has 5 rings (SSSR count). The van der Waals surface area contributed by atoms with Crippen LogP contribution in [0.5, 0.6) is 11.6 Å². The number of likely N-dealkylation sites (tertiary alicyclic amines) is 1. The van der Waals surface area contributed by atoms with E-state index in [4.69, 9.17) is 4.74 Å². The summed E-state index contributed by atoms with van der Waals surface area (Å²) in [6, 6.07) is 9.52. The summed E-state index contributed by atoms with van der Waals surface area (Å²) in [5.41, 5.74) is 0.371. The summed E-state index contributed by atoms with van der Waals surface area (Å²) in [5.74, 6) is 0.543. The van der Waals surface area contributed by atoms with Crippen molar-refractivity contribution >= 4 is 38.4 Å². The first-order valence-corrected chi connectivity index (χ1v) is 13.6. The minimum absolute atomic E-state index is 0.104. The first-order chi connectivity index (χ1) is 19.0. The minimum Gasteiger partial charge on any atom is -0.437 e. The second-order valence-electron chi connectivity index (χ2n) is 9.78. The first-order valence-electron chi connectivity index (χ1n) is 12.8. The van der Waals surface area contributed by atoms with E-state index in [1.54, 1.807) is 30.1 Å². The molecular weight excluding hydrogens is 543 g/mol. The van der Waals surface area contributed by atoms with Crippen molar-refractivity contribution in [2.75, 3.05) is 23.8 Å². The Bertz CT molecular complexity index is 1540. The van der Waals surface area contributed by atoms with Crippen LogP contribution in [-0.2, 0) is 11.0 Å². The molecule has 1 fully saturated rings. The third-order valence-electron chi connectivity index (χ3n) is 6.67. The number of carbonyl (C=O) groups excluding carboxylic acids is 1. The molecule has 1 aliphatic rings.